The highest BCUT2D eigenvalue weighted by molar-refractivity contribution is 6.13. The van der Waals surface area contributed by atoms with E-state index in [1.54, 1.807) is 12.1 Å². The van der Waals surface area contributed by atoms with E-state index in [0.29, 0.717) is 27.8 Å². The summed E-state index contributed by atoms with van der Waals surface area (Å²) in [6.45, 7) is 1.96. The minimum absolute atomic E-state index is 0.296. The first-order chi connectivity index (χ1) is 13.1. The number of fused-ring (bicyclic) bond motifs is 1. The number of pyridine rings is 1. The van der Waals surface area contributed by atoms with Gasteiger partial charge >= 0.3 is 0 Å². The van der Waals surface area contributed by atoms with Crippen molar-refractivity contribution in [1.82, 2.24) is 4.98 Å². The molecule has 132 valence electrons. The Kier molecular flexibility index (Phi) is 4.38. The number of nitrogens with one attached hydrogen (secondary N) is 1. The molecule has 1 heterocycles. The zero-order chi connectivity index (χ0) is 18.8. The van der Waals surface area contributed by atoms with Gasteiger partial charge < -0.3 is 5.32 Å². The van der Waals surface area contributed by atoms with Crippen LogP contribution in [0.5, 0.6) is 0 Å². The van der Waals surface area contributed by atoms with E-state index in [2.05, 4.69) is 10.3 Å². The Balaban J connectivity index is 1.84. The van der Waals surface area contributed by atoms with Crippen molar-refractivity contribution in [3.05, 3.63) is 95.8 Å². The molecule has 0 atom stereocenters. The van der Waals surface area contributed by atoms with Crippen LogP contribution in [0.15, 0.2) is 78.9 Å². The molecular formula is C23H17FN2O. The highest BCUT2D eigenvalue weighted by Crippen LogP contribution is 2.26. The maximum absolute atomic E-state index is 13.8. The van der Waals surface area contributed by atoms with Gasteiger partial charge in [-0.3, -0.25) is 4.79 Å². The van der Waals surface area contributed by atoms with Crippen molar-refractivity contribution >= 4 is 22.5 Å². The van der Waals surface area contributed by atoms with Crippen molar-refractivity contribution in [1.29, 1.82) is 0 Å². The predicted octanol–water partition coefficient (Wildman–Crippen LogP) is 5.60. The zero-order valence-electron chi connectivity index (χ0n) is 14.7. The van der Waals surface area contributed by atoms with Crippen molar-refractivity contribution in [2.75, 3.05) is 5.32 Å². The first-order valence-corrected chi connectivity index (χ1v) is 8.64. The Morgan fingerprint density at radius 1 is 0.926 bits per heavy atom. The van der Waals surface area contributed by atoms with Crippen LogP contribution >= 0.6 is 0 Å². The molecule has 4 rings (SSSR count). The van der Waals surface area contributed by atoms with Gasteiger partial charge in [0.2, 0.25) is 0 Å². The molecular weight excluding hydrogens is 339 g/mol. The molecule has 4 heteroatoms. The maximum Gasteiger partial charge on any atom is 0.256 e. The van der Waals surface area contributed by atoms with Crippen LogP contribution in [-0.2, 0) is 0 Å². The van der Waals surface area contributed by atoms with E-state index in [1.807, 2.05) is 61.5 Å². The van der Waals surface area contributed by atoms with Crippen LogP contribution < -0.4 is 5.32 Å². The number of benzene rings is 3. The highest BCUT2D eigenvalue weighted by atomic mass is 19.1. The minimum atomic E-state index is -0.402. The largest absolute Gasteiger partial charge is 0.322 e. The van der Waals surface area contributed by atoms with Crippen molar-refractivity contribution in [2.45, 2.75) is 6.92 Å². The van der Waals surface area contributed by atoms with E-state index in [0.717, 1.165) is 11.1 Å². The summed E-state index contributed by atoms with van der Waals surface area (Å²) in [7, 11) is 0. The molecule has 0 radical (unpaired) electrons. The number of carbonyl (C=O) groups excluding carboxylic acids is 1. The molecule has 3 nitrogen and oxygen atoms in total. The molecule has 0 spiro atoms. The molecule has 0 aliphatic rings. The molecule has 1 amide bonds. The second-order valence-corrected chi connectivity index (χ2v) is 6.41. The monoisotopic (exact) mass is 356 g/mol. The van der Waals surface area contributed by atoms with Gasteiger partial charge in [0.15, 0.2) is 0 Å². The first-order valence-electron chi connectivity index (χ1n) is 8.64. The first kappa shape index (κ1) is 16.9. The summed E-state index contributed by atoms with van der Waals surface area (Å²) in [6.07, 6.45) is 0. The molecule has 0 fully saturated rings. The molecule has 1 aromatic heterocycles. The van der Waals surface area contributed by atoms with E-state index in [9.17, 15) is 9.18 Å². The Hall–Kier alpha value is -3.53. The number of hydrogen-bond acceptors (Lipinski definition) is 2. The summed E-state index contributed by atoms with van der Waals surface area (Å²) >= 11 is 0. The average Bonchev–Trinajstić information content (AvgIpc) is 2.68. The van der Waals surface area contributed by atoms with Crippen LogP contribution in [-0.4, -0.2) is 10.9 Å². The number of aryl methyl sites for hydroxylation is 1. The smallest absolute Gasteiger partial charge is 0.256 e. The predicted molar refractivity (Wildman–Crippen MR) is 106 cm³/mol. The lowest BCUT2D eigenvalue weighted by molar-refractivity contribution is 0.102. The van der Waals surface area contributed by atoms with E-state index in [4.69, 9.17) is 0 Å². The van der Waals surface area contributed by atoms with Gasteiger partial charge in [-0.25, -0.2) is 9.37 Å². The quantitative estimate of drug-likeness (QED) is 0.519. The number of rotatable bonds is 3. The van der Waals surface area contributed by atoms with E-state index >= 15 is 0 Å². The summed E-state index contributed by atoms with van der Waals surface area (Å²) in [6, 6.07) is 23.2. The lowest BCUT2D eigenvalue weighted by Crippen LogP contribution is -2.13. The van der Waals surface area contributed by atoms with Crippen molar-refractivity contribution in [3.63, 3.8) is 0 Å². The number of nitrogens with zero attached hydrogens (tertiary/aromatic N) is 1. The number of anilines is 1. The van der Waals surface area contributed by atoms with Gasteiger partial charge in [0, 0.05) is 16.6 Å². The summed E-state index contributed by atoms with van der Waals surface area (Å²) in [5.41, 5.74) is 4.27. The second-order valence-electron chi connectivity index (χ2n) is 6.41. The zero-order valence-corrected chi connectivity index (χ0v) is 14.7. The third kappa shape index (κ3) is 3.55. The molecule has 0 bridgehead atoms. The molecule has 0 saturated carbocycles. The fourth-order valence-electron chi connectivity index (χ4n) is 3.06. The molecule has 0 unspecified atom stereocenters. The second kappa shape index (κ2) is 7.00. The highest BCUT2D eigenvalue weighted by Gasteiger charge is 2.15. The van der Waals surface area contributed by atoms with Crippen LogP contribution in [0.2, 0.25) is 0 Å². The van der Waals surface area contributed by atoms with Crippen LogP contribution in [0.4, 0.5) is 10.1 Å². The van der Waals surface area contributed by atoms with Gasteiger partial charge in [-0.2, -0.15) is 0 Å². The maximum atomic E-state index is 13.8. The van der Waals surface area contributed by atoms with Crippen molar-refractivity contribution in [3.8, 4) is 11.3 Å². The van der Waals surface area contributed by atoms with E-state index in [-0.39, 0.29) is 5.91 Å². The molecule has 1 N–H and O–H groups in total. The minimum Gasteiger partial charge on any atom is -0.322 e. The van der Waals surface area contributed by atoms with Gasteiger partial charge in [0.05, 0.1) is 16.8 Å². The third-order valence-electron chi connectivity index (χ3n) is 4.36. The van der Waals surface area contributed by atoms with Gasteiger partial charge in [0.25, 0.3) is 5.91 Å². The lowest BCUT2D eigenvalue weighted by atomic mass is 10.0. The fraction of sp³-hybridized carbons (Fsp3) is 0.0435. The Morgan fingerprint density at radius 2 is 1.74 bits per heavy atom. The Bertz CT molecular complexity index is 1140. The van der Waals surface area contributed by atoms with Gasteiger partial charge in [0.1, 0.15) is 5.82 Å². The summed E-state index contributed by atoms with van der Waals surface area (Å²) < 4.78 is 13.8. The van der Waals surface area contributed by atoms with Crippen LogP contribution in [0.1, 0.15) is 15.9 Å². The fourth-order valence-corrected chi connectivity index (χ4v) is 3.06. The number of aromatic nitrogens is 1. The van der Waals surface area contributed by atoms with E-state index < -0.39 is 5.82 Å². The van der Waals surface area contributed by atoms with Crippen LogP contribution in [0, 0.1) is 12.7 Å². The topological polar surface area (TPSA) is 42.0 Å². The van der Waals surface area contributed by atoms with Crippen LogP contribution in [0.3, 0.4) is 0 Å². The van der Waals surface area contributed by atoms with Crippen molar-refractivity contribution < 1.29 is 9.18 Å². The molecule has 0 aliphatic heterocycles. The number of carbonyl (C=O) groups is 1. The SMILES string of the molecule is Cc1cccc(NC(=O)c2cc(-c3ccccc3)nc3ccc(F)cc23)c1. The average molecular weight is 356 g/mol. The van der Waals surface area contributed by atoms with Crippen LogP contribution in [0.25, 0.3) is 22.2 Å². The summed E-state index contributed by atoms with van der Waals surface area (Å²) in [5, 5.41) is 3.39. The Morgan fingerprint density at radius 3 is 2.52 bits per heavy atom. The van der Waals surface area contributed by atoms with Gasteiger partial charge in [-0.1, -0.05) is 42.5 Å². The van der Waals surface area contributed by atoms with Gasteiger partial charge in [-0.15, -0.1) is 0 Å². The molecule has 27 heavy (non-hydrogen) atoms. The summed E-state index contributed by atoms with van der Waals surface area (Å²) in [5.74, 6) is -0.697. The Labute approximate surface area is 156 Å². The molecule has 4 aromatic rings. The molecule has 3 aromatic carbocycles. The number of amides is 1. The molecule has 0 saturated heterocycles. The molecule has 0 aliphatic carbocycles. The third-order valence-corrected chi connectivity index (χ3v) is 4.36. The standard InChI is InChI=1S/C23H17FN2O/c1-15-6-5-9-18(12-15)25-23(27)20-14-22(16-7-3-2-4-8-16)26-21-11-10-17(24)13-19(20)21/h2-14H,1H3,(H,25,27). The normalized spacial score (nSPS) is 10.7. The summed E-state index contributed by atoms with van der Waals surface area (Å²) in [4.78, 5) is 17.6. The lowest BCUT2D eigenvalue weighted by Gasteiger charge is -2.11. The van der Waals surface area contributed by atoms with Gasteiger partial charge in [-0.05, 0) is 48.9 Å². The van der Waals surface area contributed by atoms with Crippen molar-refractivity contribution in [2.24, 2.45) is 0 Å². The van der Waals surface area contributed by atoms with E-state index in [1.165, 1.54) is 12.1 Å². The number of halogens is 1. The number of hydrogen-bond donors (Lipinski definition) is 1.